The van der Waals surface area contributed by atoms with Gasteiger partial charge in [0.1, 0.15) is 17.6 Å². The summed E-state index contributed by atoms with van der Waals surface area (Å²) in [5, 5.41) is 2.81. The zero-order valence-electron chi connectivity index (χ0n) is 19.1. The molecule has 2 heterocycles. The second-order valence-corrected chi connectivity index (χ2v) is 8.64. The number of amides is 2. The molecule has 36 heavy (non-hydrogen) atoms. The largest absolute Gasteiger partial charge is 0.457 e. The van der Waals surface area contributed by atoms with Crippen molar-refractivity contribution in [2.24, 2.45) is 0 Å². The summed E-state index contributed by atoms with van der Waals surface area (Å²) in [6.45, 7) is 0.226. The zero-order valence-corrected chi connectivity index (χ0v) is 19.1. The van der Waals surface area contributed by atoms with Crippen molar-refractivity contribution >= 4 is 29.3 Å². The number of fused-ring (bicyclic) bond motifs is 1. The quantitative estimate of drug-likeness (QED) is 0.443. The van der Waals surface area contributed by atoms with Crippen molar-refractivity contribution in [3.8, 4) is 11.5 Å². The van der Waals surface area contributed by atoms with Crippen LogP contribution in [0.25, 0.3) is 11.6 Å². The summed E-state index contributed by atoms with van der Waals surface area (Å²) in [6.07, 6.45) is -4.10. The Morgan fingerprint density at radius 3 is 2.47 bits per heavy atom. The van der Waals surface area contributed by atoms with Crippen LogP contribution in [0.5, 0.6) is 11.5 Å². The highest BCUT2D eigenvalue weighted by molar-refractivity contribution is 6.34. The van der Waals surface area contributed by atoms with E-state index in [0.29, 0.717) is 11.3 Å². The van der Waals surface area contributed by atoms with E-state index in [1.54, 1.807) is 30.3 Å². The predicted molar refractivity (Wildman–Crippen MR) is 128 cm³/mol. The molecule has 2 amide bonds. The third-order valence-corrected chi connectivity index (χ3v) is 6.03. The van der Waals surface area contributed by atoms with Crippen LogP contribution in [0.3, 0.4) is 0 Å². The molecule has 0 saturated carbocycles. The number of hydrogen-bond donors (Lipinski definition) is 1. The number of anilines is 1. The van der Waals surface area contributed by atoms with Crippen LogP contribution in [0.1, 0.15) is 22.3 Å². The number of rotatable bonds is 5. The summed E-state index contributed by atoms with van der Waals surface area (Å²) in [5.41, 5.74) is 2.02. The summed E-state index contributed by atoms with van der Waals surface area (Å²) >= 11 is 0. The van der Waals surface area contributed by atoms with Crippen molar-refractivity contribution in [2.75, 3.05) is 18.9 Å². The first-order chi connectivity index (χ1) is 17.2. The van der Waals surface area contributed by atoms with Crippen LogP contribution >= 0.6 is 0 Å². The number of benzene rings is 3. The van der Waals surface area contributed by atoms with Gasteiger partial charge in [-0.05, 0) is 47.5 Å². The van der Waals surface area contributed by atoms with E-state index < -0.39 is 23.9 Å². The molecular formula is C27H21F3N2O4. The molecule has 2 aliphatic rings. The van der Waals surface area contributed by atoms with Crippen LogP contribution < -0.4 is 10.1 Å². The monoisotopic (exact) mass is 494 g/mol. The van der Waals surface area contributed by atoms with E-state index in [0.717, 1.165) is 22.9 Å². The number of nitrogens with one attached hydrogen (secondary N) is 1. The lowest BCUT2D eigenvalue weighted by atomic mass is 10.0. The second-order valence-electron chi connectivity index (χ2n) is 8.64. The molecule has 5 rings (SSSR count). The highest BCUT2D eigenvalue weighted by Gasteiger charge is 2.36. The van der Waals surface area contributed by atoms with Crippen molar-refractivity contribution in [3.63, 3.8) is 0 Å². The van der Waals surface area contributed by atoms with E-state index in [1.807, 2.05) is 24.3 Å². The minimum atomic E-state index is -4.60. The normalized spacial score (nSPS) is 18.3. The van der Waals surface area contributed by atoms with Gasteiger partial charge in [0.25, 0.3) is 5.91 Å². The number of hydrogen-bond acceptors (Lipinski definition) is 4. The zero-order chi connectivity index (χ0) is 25.4. The molecule has 1 saturated heterocycles. The lowest BCUT2D eigenvalue weighted by molar-refractivity contribution is -0.138. The average molecular weight is 494 g/mol. The molecule has 2 aliphatic heterocycles. The first kappa shape index (κ1) is 23.5. The smallest absolute Gasteiger partial charge is 0.416 e. The van der Waals surface area contributed by atoms with Crippen LogP contribution in [0.2, 0.25) is 0 Å². The van der Waals surface area contributed by atoms with Crippen LogP contribution in [-0.2, 0) is 22.1 Å². The van der Waals surface area contributed by atoms with Crippen molar-refractivity contribution in [2.45, 2.75) is 18.7 Å². The van der Waals surface area contributed by atoms with Crippen molar-refractivity contribution in [3.05, 3.63) is 89.0 Å². The average Bonchev–Trinajstić information content (AvgIpc) is 3.32. The van der Waals surface area contributed by atoms with Gasteiger partial charge >= 0.3 is 12.3 Å². The van der Waals surface area contributed by atoms with Gasteiger partial charge in [-0.25, -0.2) is 4.79 Å². The molecule has 9 heteroatoms. The third kappa shape index (κ3) is 4.77. The Labute approximate surface area is 204 Å². The van der Waals surface area contributed by atoms with Gasteiger partial charge in [0, 0.05) is 30.3 Å². The SMILES string of the molecule is CN1CC(Cc2ccc(Oc3ccc(/C=C4/C(=O)Nc5ccccc54)cc3)cc2C(F)(F)F)OC1=O. The first-order valence-electron chi connectivity index (χ1n) is 11.2. The number of alkyl halides is 3. The lowest BCUT2D eigenvalue weighted by Crippen LogP contribution is -2.21. The van der Waals surface area contributed by atoms with E-state index in [4.69, 9.17) is 9.47 Å². The fraction of sp³-hybridized carbons (Fsp3) is 0.185. The Hall–Kier alpha value is -4.27. The minimum absolute atomic E-state index is 0.0278. The number of ether oxygens (including phenoxy) is 2. The maximum atomic E-state index is 13.8. The maximum Gasteiger partial charge on any atom is 0.416 e. The number of carbonyl (C=O) groups excluding carboxylic acids is 2. The summed E-state index contributed by atoms with van der Waals surface area (Å²) in [6, 6.07) is 17.8. The Kier molecular flexibility index (Phi) is 5.91. The molecule has 0 spiro atoms. The Bertz CT molecular complexity index is 1370. The first-order valence-corrected chi connectivity index (χ1v) is 11.2. The topological polar surface area (TPSA) is 67.9 Å². The van der Waals surface area contributed by atoms with Crippen LogP contribution in [0.15, 0.2) is 66.7 Å². The number of nitrogens with zero attached hydrogens (tertiary/aromatic N) is 1. The van der Waals surface area contributed by atoms with Gasteiger partial charge in [0.15, 0.2) is 0 Å². The lowest BCUT2D eigenvalue weighted by Gasteiger charge is -2.17. The van der Waals surface area contributed by atoms with Gasteiger partial charge in [0.05, 0.1) is 12.1 Å². The van der Waals surface area contributed by atoms with Crippen LogP contribution in [-0.4, -0.2) is 36.6 Å². The van der Waals surface area contributed by atoms with E-state index in [9.17, 15) is 22.8 Å². The standard InChI is InChI=1S/C27H21F3N2O4/c1-32-15-20(36-26(32)34)13-17-8-11-19(14-23(17)27(28,29)30)35-18-9-6-16(7-10-18)12-22-21-4-2-3-5-24(21)31-25(22)33/h2-12,14,20H,13,15H2,1H3,(H,31,33)/b22-12+. The number of carbonyl (C=O) groups is 2. The van der Waals surface area contributed by atoms with Crippen molar-refractivity contribution in [1.29, 1.82) is 0 Å². The number of halogens is 3. The number of para-hydroxylation sites is 1. The molecule has 6 nitrogen and oxygen atoms in total. The molecule has 184 valence electrons. The fourth-order valence-electron chi connectivity index (χ4n) is 4.28. The van der Waals surface area contributed by atoms with Gasteiger partial charge < -0.3 is 19.7 Å². The van der Waals surface area contributed by atoms with E-state index in [1.165, 1.54) is 24.1 Å². The maximum absolute atomic E-state index is 13.8. The molecular weight excluding hydrogens is 473 g/mol. The van der Waals surface area contributed by atoms with Gasteiger partial charge in [-0.15, -0.1) is 0 Å². The molecule has 0 aromatic heterocycles. The summed E-state index contributed by atoms with van der Waals surface area (Å²) in [5.74, 6) is 0.178. The van der Waals surface area contributed by atoms with Gasteiger partial charge in [0.2, 0.25) is 0 Å². The fourth-order valence-corrected chi connectivity index (χ4v) is 4.28. The Balaban J connectivity index is 1.33. The molecule has 3 aromatic rings. The number of cyclic esters (lactones) is 1. The summed E-state index contributed by atoms with van der Waals surface area (Å²) in [7, 11) is 1.53. The molecule has 1 atom stereocenters. The van der Waals surface area contributed by atoms with Crippen LogP contribution in [0, 0.1) is 0 Å². The van der Waals surface area contributed by atoms with Crippen molar-refractivity contribution in [1.82, 2.24) is 4.90 Å². The highest BCUT2D eigenvalue weighted by Crippen LogP contribution is 2.37. The third-order valence-electron chi connectivity index (χ3n) is 6.03. The van der Waals surface area contributed by atoms with E-state index in [2.05, 4.69) is 5.32 Å². The minimum Gasteiger partial charge on any atom is -0.457 e. The highest BCUT2D eigenvalue weighted by atomic mass is 19.4. The van der Waals surface area contributed by atoms with Gasteiger partial charge in [-0.3, -0.25) is 4.79 Å². The van der Waals surface area contributed by atoms with E-state index >= 15 is 0 Å². The molecule has 0 radical (unpaired) electrons. The molecule has 1 N–H and O–H groups in total. The van der Waals surface area contributed by atoms with Crippen LogP contribution in [0.4, 0.5) is 23.7 Å². The molecule has 1 fully saturated rings. The van der Waals surface area contributed by atoms with Gasteiger partial charge in [-0.2, -0.15) is 13.2 Å². The number of likely N-dealkylation sites (N-methyl/N-ethyl adjacent to an activating group) is 1. The Morgan fingerprint density at radius 1 is 1.06 bits per heavy atom. The van der Waals surface area contributed by atoms with Crippen molar-refractivity contribution < 1.29 is 32.2 Å². The molecule has 0 aliphatic carbocycles. The Morgan fingerprint density at radius 2 is 1.78 bits per heavy atom. The van der Waals surface area contributed by atoms with E-state index in [-0.39, 0.29) is 30.2 Å². The summed E-state index contributed by atoms with van der Waals surface area (Å²) in [4.78, 5) is 25.2. The summed E-state index contributed by atoms with van der Waals surface area (Å²) < 4.78 is 52.1. The second kappa shape index (κ2) is 9.07. The predicted octanol–water partition coefficient (Wildman–Crippen LogP) is 5.98. The molecule has 3 aromatic carbocycles. The molecule has 0 bridgehead atoms. The molecule has 1 unspecified atom stereocenters. The van der Waals surface area contributed by atoms with Gasteiger partial charge in [-0.1, -0.05) is 36.4 Å².